The smallest absolute Gasteiger partial charge is 0.227 e. The number of piperidine rings is 1. The summed E-state index contributed by atoms with van der Waals surface area (Å²) >= 11 is 3.44. The summed E-state index contributed by atoms with van der Waals surface area (Å²) in [6.45, 7) is 3.69. The van der Waals surface area contributed by atoms with Gasteiger partial charge in [0.25, 0.3) is 0 Å². The van der Waals surface area contributed by atoms with Crippen LogP contribution in [0.1, 0.15) is 18.4 Å². The van der Waals surface area contributed by atoms with E-state index in [2.05, 4.69) is 61.2 Å². The molecule has 1 fully saturated rings. The van der Waals surface area contributed by atoms with E-state index in [0.29, 0.717) is 0 Å². The molecule has 0 spiro atoms. The quantitative estimate of drug-likeness (QED) is 0.602. The number of carbonyl (C=O) groups is 1. The number of carbonyl (C=O) groups excluding carboxylic acids is 1. The van der Waals surface area contributed by atoms with Crippen molar-refractivity contribution >= 4 is 33.3 Å². The number of nitrogens with one attached hydrogen (secondary N) is 1. The van der Waals surface area contributed by atoms with Gasteiger partial charge in [0.2, 0.25) is 5.91 Å². The zero-order chi connectivity index (χ0) is 20.2. The first-order valence-corrected chi connectivity index (χ1v) is 10.6. The minimum absolute atomic E-state index is 0.0170. The summed E-state index contributed by atoms with van der Waals surface area (Å²) in [5.74, 6) is 1.02. The molecule has 1 N–H and O–H groups in total. The van der Waals surface area contributed by atoms with E-state index in [0.717, 1.165) is 53.2 Å². The van der Waals surface area contributed by atoms with Crippen molar-refractivity contribution in [3.05, 3.63) is 71.0 Å². The van der Waals surface area contributed by atoms with Gasteiger partial charge >= 0.3 is 0 Å². The topological polar surface area (TPSA) is 58.1 Å². The molecule has 2 aromatic carbocycles. The molecule has 0 atom stereocenters. The molecule has 5 nitrogen and oxygen atoms in total. The number of aryl methyl sites for hydroxylation is 1. The first-order valence-electron chi connectivity index (χ1n) is 9.79. The average molecular weight is 451 g/mol. The maximum Gasteiger partial charge on any atom is 0.227 e. The second kappa shape index (κ2) is 8.74. The van der Waals surface area contributed by atoms with Gasteiger partial charge in [-0.15, -0.1) is 0 Å². The number of hydrogen-bond donors (Lipinski definition) is 1. The fourth-order valence-electron chi connectivity index (χ4n) is 3.66. The van der Waals surface area contributed by atoms with Crippen molar-refractivity contribution in [3.63, 3.8) is 0 Å². The summed E-state index contributed by atoms with van der Waals surface area (Å²) in [4.78, 5) is 23.8. The SMILES string of the molecule is Cc1cccc(-c2cc(N3CCC(C(=O)Nc4cccc(Br)c4)CC3)ncn2)c1. The maximum absolute atomic E-state index is 12.6. The maximum atomic E-state index is 12.6. The predicted octanol–water partition coefficient (Wildman–Crippen LogP) is 5.07. The molecular formula is C23H23BrN4O. The molecule has 1 amide bonds. The summed E-state index contributed by atoms with van der Waals surface area (Å²) in [6, 6.07) is 18.0. The highest BCUT2D eigenvalue weighted by Crippen LogP contribution is 2.26. The van der Waals surface area contributed by atoms with Gasteiger partial charge in [-0.05, 0) is 44.0 Å². The number of nitrogens with zero attached hydrogens (tertiary/aromatic N) is 3. The van der Waals surface area contributed by atoms with Crippen molar-refractivity contribution in [2.24, 2.45) is 5.92 Å². The molecule has 1 aromatic heterocycles. The second-order valence-electron chi connectivity index (χ2n) is 7.39. The Morgan fingerprint density at radius 3 is 2.62 bits per heavy atom. The highest BCUT2D eigenvalue weighted by Gasteiger charge is 2.26. The van der Waals surface area contributed by atoms with E-state index < -0.39 is 0 Å². The lowest BCUT2D eigenvalue weighted by atomic mass is 9.95. The van der Waals surface area contributed by atoms with Gasteiger partial charge in [-0.1, -0.05) is 45.8 Å². The van der Waals surface area contributed by atoms with Gasteiger partial charge in [-0.2, -0.15) is 0 Å². The van der Waals surface area contributed by atoms with Crippen molar-refractivity contribution in [1.82, 2.24) is 9.97 Å². The Balaban J connectivity index is 1.39. The van der Waals surface area contributed by atoms with Crippen molar-refractivity contribution in [2.75, 3.05) is 23.3 Å². The monoisotopic (exact) mass is 450 g/mol. The number of anilines is 2. The number of benzene rings is 2. The highest BCUT2D eigenvalue weighted by atomic mass is 79.9. The van der Waals surface area contributed by atoms with Crippen LogP contribution in [0.15, 0.2) is 65.4 Å². The molecule has 29 heavy (non-hydrogen) atoms. The second-order valence-corrected chi connectivity index (χ2v) is 8.31. The van der Waals surface area contributed by atoms with Crippen LogP contribution in [0.5, 0.6) is 0 Å². The van der Waals surface area contributed by atoms with Crippen LogP contribution in [-0.4, -0.2) is 29.0 Å². The Hall–Kier alpha value is -2.73. The van der Waals surface area contributed by atoms with E-state index in [1.807, 2.05) is 36.4 Å². The summed E-state index contributed by atoms with van der Waals surface area (Å²) < 4.78 is 0.957. The van der Waals surface area contributed by atoms with Gasteiger partial charge < -0.3 is 10.2 Å². The first-order chi connectivity index (χ1) is 14.1. The summed E-state index contributed by atoms with van der Waals surface area (Å²) in [6.07, 6.45) is 3.24. The standard InChI is InChI=1S/C23H23BrN4O/c1-16-4-2-5-18(12-16)21-14-22(26-15-25-21)28-10-8-17(9-11-28)23(29)27-20-7-3-6-19(24)13-20/h2-7,12-15,17H,8-11H2,1H3,(H,27,29). The van der Waals surface area contributed by atoms with Gasteiger partial charge in [0.15, 0.2) is 0 Å². The number of amides is 1. The molecule has 0 saturated carbocycles. The van der Waals surface area contributed by atoms with Crippen molar-refractivity contribution in [2.45, 2.75) is 19.8 Å². The van der Waals surface area contributed by atoms with E-state index in [4.69, 9.17) is 0 Å². The molecule has 0 radical (unpaired) electrons. The Labute approximate surface area is 179 Å². The van der Waals surface area contributed by atoms with E-state index in [1.54, 1.807) is 6.33 Å². The lowest BCUT2D eigenvalue weighted by Crippen LogP contribution is -2.38. The van der Waals surface area contributed by atoms with Crippen molar-refractivity contribution in [3.8, 4) is 11.3 Å². The third-order valence-corrected chi connectivity index (χ3v) is 5.74. The van der Waals surface area contributed by atoms with Gasteiger partial charge in [0.05, 0.1) is 5.69 Å². The average Bonchev–Trinajstić information content (AvgIpc) is 2.74. The van der Waals surface area contributed by atoms with Crippen LogP contribution in [-0.2, 0) is 4.79 Å². The third kappa shape index (κ3) is 4.82. The summed E-state index contributed by atoms with van der Waals surface area (Å²) in [5.41, 5.74) is 4.05. The fraction of sp³-hybridized carbons (Fsp3) is 0.261. The number of hydrogen-bond acceptors (Lipinski definition) is 4. The van der Waals surface area contributed by atoms with E-state index >= 15 is 0 Å². The zero-order valence-electron chi connectivity index (χ0n) is 16.3. The molecule has 1 saturated heterocycles. The first kappa shape index (κ1) is 19.6. The molecule has 4 rings (SSSR count). The van der Waals surface area contributed by atoms with Crippen LogP contribution in [0, 0.1) is 12.8 Å². The predicted molar refractivity (Wildman–Crippen MR) is 120 cm³/mol. The van der Waals surface area contributed by atoms with Crippen molar-refractivity contribution in [1.29, 1.82) is 0 Å². The number of halogens is 1. The molecule has 1 aliphatic rings. The summed E-state index contributed by atoms with van der Waals surface area (Å²) in [5, 5.41) is 3.03. The highest BCUT2D eigenvalue weighted by molar-refractivity contribution is 9.10. The minimum atomic E-state index is 0.0170. The minimum Gasteiger partial charge on any atom is -0.356 e. The van der Waals surface area contributed by atoms with E-state index in [1.165, 1.54) is 5.56 Å². The Bertz CT molecular complexity index is 1020. The van der Waals surface area contributed by atoms with Crippen LogP contribution in [0.3, 0.4) is 0 Å². The van der Waals surface area contributed by atoms with Crippen LogP contribution < -0.4 is 10.2 Å². The molecular weight excluding hydrogens is 428 g/mol. The van der Waals surface area contributed by atoms with Gasteiger partial charge in [-0.25, -0.2) is 9.97 Å². The normalized spacial score (nSPS) is 14.6. The largest absolute Gasteiger partial charge is 0.356 e. The van der Waals surface area contributed by atoms with Gasteiger partial charge in [0, 0.05) is 40.8 Å². The molecule has 6 heteroatoms. The molecule has 0 bridgehead atoms. The lowest BCUT2D eigenvalue weighted by Gasteiger charge is -2.32. The van der Waals surface area contributed by atoms with Gasteiger partial charge in [-0.3, -0.25) is 4.79 Å². The molecule has 2 heterocycles. The molecule has 1 aliphatic heterocycles. The van der Waals surface area contributed by atoms with Crippen LogP contribution >= 0.6 is 15.9 Å². The molecule has 3 aromatic rings. The Kier molecular flexibility index (Phi) is 5.90. The lowest BCUT2D eigenvalue weighted by molar-refractivity contribution is -0.120. The van der Waals surface area contributed by atoms with Crippen LogP contribution in [0.25, 0.3) is 11.3 Å². The molecule has 0 unspecified atom stereocenters. The van der Waals surface area contributed by atoms with Crippen LogP contribution in [0.2, 0.25) is 0 Å². The molecule has 148 valence electrons. The van der Waals surface area contributed by atoms with Crippen molar-refractivity contribution < 1.29 is 4.79 Å². The zero-order valence-corrected chi connectivity index (χ0v) is 17.9. The Morgan fingerprint density at radius 1 is 1.07 bits per heavy atom. The number of rotatable bonds is 4. The van der Waals surface area contributed by atoms with E-state index in [9.17, 15) is 4.79 Å². The number of aromatic nitrogens is 2. The third-order valence-electron chi connectivity index (χ3n) is 5.25. The van der Waals surface area contributed by atoms with Crippen LogP contribution in [0.4, 0.5) is 11.5 Å². The fourth-order valence-corrected chi connectivity index (χ4v) is 4.06. The Morgan fingerprint density at radius 2 is 1.86 bits per heavy atom. The van der Waals surface area contributed by atoms with Gasteiger partial charge in [0.1, 0.15) is 12.1 Å². The van der Waals surface area contributed by atoms with E-state index in [-0.39, 0.29) is 11.8 Å². The summed E-state index contributed by atoms with van der Waals surface area (Å²) in [7, 11) is 0. The molecule has 0 aliphatic carbocycles.